The van der Waals surface area contributed by atoms with Crippen LogP contribution in [-0.4, -0.2) is 67.6 Å². The number of carbonyl (C=O) groups excluding carboxylic acids is 1. The maximum absolute atomic E-state index is 12.3. The predicted molar refractivity (Wildman–Crippen MR) is 97.3 cm³/mol. The van der Waals surface area contributed by atoms with Gasteiger partial charge in [-0.05, 0) is 26.0 Å². The maximum atomic E-state index is 12.3. The van der Waals surface area contributed by atoms with Crippen LogP contribution in [0, 0.1) is 0 Å². The molecule has 0 unspecified atom stereocenters. The molecule has 7 nitrogen and oxygen atoms in total. The highest BCUT2D eigenvalue weighted by Gasteiger charge is 2.21. The van der Waals surface area contributed by atoms with Crippen LogP contribution in [0.15, 0.2) is 29.4 Å². The van der Waals surface area contributed by atoms with E-state index in [1.165, 1.54) is 0 Å². The first-order valence-corrected chi connectivity index (χ1v) is 8.70. The fourth-order valence-electron chi connectivity index (χ4n) is 2.66. The number of aliphatic imine (C=N–C) groups is 1. The van der Waals surface area contributed by atoms with Crippen LogP contribution in [0.25, 0.3) is 0 Å². The minimum Gasteiger partial charge on any atom is -0.357 e. The number of pyridine rings is 1. The normalized spacial score (nSPS) is 14.2. The number of hydrogen-bond acceptors (Lipinski definition) is 4. The number of aromatic nitrogens is 1. The Kier molecular flexibility index (Phi) is 7.32. The first kappa shape index (κ1) is 18.0. The fraction of sp³-hybridized carbons (Fsp3) is 0.588. The Hall–Kier alpha value is -2.31. The van der Waals surface area contributed by atoms with Gasteiger partial charge in [-0.3, -0.25) is 9.79 Å². The van der Waals surface area contributed by atoms with Crippen molar-refractivity contribution in [3.05, 3.63) is 24.4 Å². The van der Waals surface area contributed by atoms with E-state index >= 15 is 0 Å². The molecule has 24 heavy (non-hydrogen) atoms. The fourth-order valence-corrected chi connectivity index (χ4v) is 2.66. The van der Waals surface area contributed by atoms with Crippen molar-refractivity contribution in [2.45, 2.75) is 20.3 Å². The van der Waals surface area contributed by atoms with E-state index in [2.05, 4.69) is 25.5 Å². The van der Waals surface area contributed by atoms with Gasteiger partial charge in [-0.25, -0.2) is 4.98 Å². The number of carbonyl (C=O) groups is 1. The van der Waals surface area contributed by atoms with Crippen molar-refractivity contribution in [1.82, 2.24) is 20.5 Å². The Morgan fingerprint density at radius 2 is 1.88 bits per heavy atom. The number of nitrogens with one attached hydrogen (secondary N) is 2. The van der Waals surface area contributed by atoms with Crippen LogP contribution in [-0.2, 0) is 4.79 Å². The molecule has 1 saturated heterocycles. The van der Waals surface area contributed by atoms with Gasteiger partial charge < -0.3 is 20.4 Å². The van der Waals surface area contributed by atoms with E-state index in [1.54, 1.807) is 6.20 Å². The second kappa shape index (κ2) is 9.75. The van der Waals surface area contributed by atoms with E-state index in [1.807, 2.05) is 36.9 Å². The molecule has 2 N–H and O–H groups in total. The topological polar surface area (TPSA) is 72.9 Å². The molecule has 1 aliphatic rings. The smallest absolute Gasteiger partial charge is 0.224 e. The number of piperazine rings is 1. The summed E-state index contributed by atoms with van der Waals surface area (Å²) in [5, 5.41) is 6.32. The Morgan fingerprint density at radius 1 is 1.17 bits per heavy atom. The number of nitrogens with zero attached hydrogens (tertiary/aromatic N) is 4. The quantitative estimate of drug-likeness (QED) is 0.592. The highest BCUT2D eigenvalue weighted by Crippen LogP contribution is 2.12. The van der Waals surface area contributed by atoms with Crippen molar-refractivity contribution in [3.63, 3.8) is 0 Å². The largest absolute Gasteiger partial charge is 0.357 e. The third-order valence-electron chi connectivity index (χ3n) is 3.89. The van der Waals surface area contributed by atoms with Gasteiger partial charge in [-0.1, -0.05) is 6.07 Å². The molecule has 1 aliphatic heterocycles. The first-order valence-electron chi connectivity index (χ1n) is 8.70. The highest BCUT2D eigenvalue weighted by molar-refractivity contribution is 5.80. The molecule has 0 bridgehead atoms. The third kappa shape index (κ3) is 5.40. The summed E-state index contributed by atoms with van der Waals surface area (Å²) in [6, 6.07) is 5.91. The average molecular weight is 332 g/mol. The Bertz CT molecular complexity index is 517. The lowest BCUT2D eigenvalue weighted by atomic mass is 10.2. The van der Waals surface area contributed by atoms with Gasteiger partial charge in [0.15, 0.2) is 5.96 Å². The number of hydrogen-bond donors (Lipinski definition) is 2. The standard InChI is InChI=1S/C17H28N6O/c1-3-18-17(19-4-2)21-10-8-16(24)23-13-11-22(12-14-23)15-7-5-6-9-20-15/h5-7,9H,3-4,8,10-14H2,1-2H3,(H2,18,19,21). The lowest BCUT2D eigenvalue weighted by molar-refractivity contribution is -0.131. The van der Waals surface area contributed by atoms with Gasteiger partial charge in [-0.15, -0.1) is 0 Å². The van der Waals surface area contributed by atoms with Crippen LogP contribution in [0.4, 0.5) is 5.82 Å². The zero-order chi connectivity index (χ0) is 17.2. The Labute approximate surface area is 144 Å². The molecule has 0 spiro atoms. The third-order valence-corrected chi connectivity index (χ3v) is 3.89. The second-order valence-corrected chi connectivity index (χ2v) is 5.60. The molecule has 1 aromatic rings. The predicted octanol–water partition coefficient (Wildman–Crippen LogP) is 0.695. The van der Waals surface area contributed by atoms with Crippen molar-refractivity contribution in [3.8, 4) is 0 Å². The van der Waals surface area contributed by atoms with Gasteiger partial charge in [0, 0.05) is 51.9 Å². The average Bonchev–Trinajstić information content (AvgIpc) is 2.63. The lowest BCUT2D eigenvalue weighted by Crippen LogP contribution is -2.49. The van der Waals surface area contributed by atoms with E-state index in [4.69, 9.17) is 0 Å². The molecule has 0 aromatic carbocycles. The molecule has 0 saturated carbocycles. The molecule has 1 aromatic heterocycles. The summed E-state index contributed by atoms with van der Waals surface area (Å²) in [6.07, 6.45) is 2.25. The van der Waals surface area contributed by atoms with Gasteiger partial charge in [0.1, 0.15) is 5.82 Å². The molecule has 7 heteroatoms. The van der Waals surface area contributed by atoms with E-state index in [0.29, 0.717) is 13.0 Å². The van der Waals surface area contributed by atoms with Crippen LogP contribution in [0.5, 0.6) is 0 Å². The molecule has 1 fully saturated rings. The molecule has 0 radical (unpaired) electrons. The molecule has 2 rings (SSSR count). The van der Waals surface area contributed by atoms with Crippen LogP contribution in [0.2, 0.25) is 0 Å². The summed E-state index contributed by atoms with van der Waals surface area (Å²) >= 11 is 0. The number of rotatable bonds is 6. The molecular formula is C17H28N6O. The summed E-state index contributed by atoms with van der Waals surface area (Å²) in [7, 11) is 0. The minimum absolute atomic E-state index is 0.173. The second-order valence-electron chi connectivity index (χ2n) is 5.60. The number of amides is 1. The summed E-state index contributed by atoms with van der Waals surface area (Å²) in [5.74, 6) is 1.93. The van der Waals surface area contributed by atoms with Crippen molar-refractivity contribution in [1.29, 1.82) is 0 Å². The molecule has 132 valence electrons. The number of anilines is 1. The monoisotopic (exact) mass is 332 g/mol. The van der Waals surface area contributed by atoms with Gasteiger partial charge in [0.05, 0.1) is 6.54 Å². The SMILES string of the molecule is CCNC(=NCCC(=O)N1CCN(c2ccccn2)CC1)NCC. The van der Waals surface area contributed by atoms with Crippen LogP contribution in [0.3, 0.4) is 0 Å². The zero-order valence-electron chi connectivity index (χ0n) is 14.7. The summed E-state index contributed by atoms with van der Waals surface area (Å²) in [5.41, 5.74) is 0. The molecular weight excluding hydrogens is 304 g/mol. The first-order chi connectivity index (χ1) is 11.7. The van der Waals surface area contributed by atoms with Crippen molar-refractivity contribution in [2.75, 3.05) is 50.7 Å². The summed E-state index contributed by atoms with van der Waals surface area (Å²) < 4.78 is 0. The van der Waals surface area contributed by atoms with Gasteiger partial charge in [0.2, 0.25) is 5.91 Å². The van der Waals surface area contributed by atoms with Gasteiger partial charge in [0.25, 0.3) is 0 Å². The van der Waals surface area contributed by atoms with Gasteiger partial charge in [-0.2, -0.15) is 0 Å². The van der Waals surface area contributed by atoms with Crippen LogP contribution >= 0.6 is 0 Å². The zero-order valence-corrected chi connectivity index (χ0v) is 14.7. The molecule has 0 aliphatic carbocycles. The van der Waals surface area contributed by atoms with E-state index in [-0.39, 0.29) is 5.91 Å². The maximum Gasteiger partial charge on any atom is 0.224 e. The van der Waals surface area contributed by atoms with Crippen molar-refractivity contribution < 1.29 is 4.79 Å². The molecule has 2 heterocycles. The summed E-state index contributed by atoms with van der Waals surface area (Å²) in [6.45, 7) is 9.33. The summed E-state index contributed by atoms with van der Waals surface area (Å²) in [4.78, 5) is 25.3. The van der Waals surface area contributed by atoms with E-state index < -0.39 is 0 Å². The van der Waals surface area contributed by atoms with Crippen molar-refractivity contribution >= 4 is 17.7 Å². The minimum atomic E-state index is 0.173. The highest BCUT2D eigenvalue weighted by atomic mass is 16.2. The Morgan fingerprint density at radius 3 is 2.46 bits per heavy atom. The molecule has 1 amide bonds. The van der Waals surface area contributed by atoms with E-state index in [0.717, 1.165) is 51.0 Å². The molecule has 0 atom stereocenters. The van der Waals surface area contributed by atoms with Gasteiger partial charge >= 0.3 is 0 Å². The number of guanidine groups is 1. The van der Waals surface area contributed by atoms with Crippen LogP contribution < -0.4 is 15.5 Å². The van der Waals surface area contributed by atoms with Crippen LogP contribution in [0.1, 0.15) is 20.3 Å². The lowest BCUT2D eigenvalue weighted by Gasteiger charge is -2.35. The van der Waals surface area contributed by atoms with Crippen molar-refractivity contribution in [2.24, 2.45) is 4.99 Å². The Balaban J connectivity index is 1.75. The van der Waals surface area contributed by atoms with E-state index in [9.17, 15) is 4.79 Å².